The molecule has 0 spiro atoms. The van der Waals surface area contributed by atoms with Crippen LogP contribution >= 0.6 is 0 Å². The maximum Gasteiger partial charge on any atom is 0.0932 e. The van der Waals surface area contributed by atoms with Crippen LogP contribution in [0.5, 0.6) is 0 Å². The highest BCUT2D eigenvalue weighted by Gasteiger charge is 2.24. The molecule has 19 heavy (non-hydrogen) atoms. The average Bonchev–Trinajstić information content (AvgIpc) is 2.39. The van der Waals surface area contributed by atoms with Crippen LogP contribution in [0.15, 0.2) is 30.5 Å². The first-order valence-corrected chi connectivity index (χ1v) is 7.08. The molecular formula is C16H23N3. The van der Waals surface area contributed by atoms with Crippen LogP contribution in [-0.2, 0) is 0 Å². The summed E-state index contributed by atoms with van der Waals surface area (Å²) in [6.45, 7) is 9.93. The molecule has 0 aliphatic carbocycles. The molecule has 2 unspecified atom stereocenters. The molecule has 0 radical (unpaired) electrons. The molecule has 3 heteroatoms. The summed E-state index contributed by atoms with van der Waals surface area (Å²) >= 11 is 0. The number of hydrogen-bond donors (Lipinski definition) is 1. The number of rotatable bonds is 5. The van der Waals surface area contributed by atoms with Crippen molar-refractivity contribution in [2.45, 2.75) is 39.7 Å². The fraction of sp³-hybridized carbons (Fsp3) is 0.500. The molecule has 0 aliphatic rings. The Balaban J connectivity index is 2.50. The predicted molar refractivity (Wildman–Crippen MR) is 80.3 cm³/mol. The second kappa shape index (κ2) is 6.11. The van der Waals surface area contributed by atoms with Crippen LogP contribution in [0, 0.1) is 5.92 Å². The summed E-state index contributed by atoms with van der Waals surface area (Å²) in [6.07, 6.45) is 1.93. The minimum atomic E-state index is 0.428. The summed E-state index contributed by atoms with van der Waals surface area (Å²) < 4.78 is 0. The molecule has 0 saturated carbocycles. The van der Waals surface area contributed by atoms with Crippen LogP contribution in [0.3, 0.4) is 0 Å². The van der Waals surface area contributed by atoms with Gasteiger partial charge in [0.15, 0.2) is 0 Å². The first-order chi connectivity index (χ1) is 9.15. The lowest BCUT2D eigenvalue weighted by atomic mass is 9.82. The second-order valence-corrected chi connectivity index (χ2v) is 5.43. The van der Waals surface area contributed by atoms with Gasteiger partial charge in [0, 0.05) is 17.3 Å². The third-order valence-corrected chi connectivity index (χ3v) is 3.72. The fourth-order valence-electron chi connectivity index (χ4n) is 2.95. The largest absolute Gasteiger partial charge is 0.314 e. The monoisotopic (exact) mass is 257 g/mol. The van der Waals surface area contributed by atoms with Gasteiger partial charge in [-0.25, -0.2) is 0 Å². The van der Waals surface area contributed by atoms with Gasteiger partial charge >= 0.3 is 0 Å². The van der Waals surface area contributed by atoms with Crippen LogP contribution in [0.2, 0.25) is 0 Å². The van der Waals surface area contributed by atoms with Crippen LogP contribution in [0.1, 0.15) is 39.2 Å². The topological polar surface area (TPSA) is 37.8 Å². The van der Waals surface area contributed by atoms with Gasteiger partial charge in [0.1, 0.15) is 0 Å². The van der Waals surface area contributed by atoms with Crippen molar-refractivity contribution in [3.8, 4) is 0 Å². The van der Waals surface area contributed by atoms with Crippen molar-refractivity contribution >= 4 is 10.9 Å². The Hall–Kier alpha value is -1.48. The van der Waals surface area contributed by atoms with E-state index in [4.69, 9.17) is 0 Å². The summed E-state index contributed by atoms with van der Waals surface area (Å²) in [4.78, 5) is 0. The molecule has 1 aromatic heterocycles. The van der Waals surface area contributed by atoms with Gasteiger partial charge in [0.25, 0.3) is 0 Å². The van der Waals surface area contributed by atoms with E-state index in [1.807, 2.05) is 18.3 Å². The van der Waals surface area contributed by atoms with Gasteiger partial charge in [0.2, 0.25) is 0 Å². The molecule has 0 amide bonds. The average molecular weight is 257 g/mol. The number of hydrogen-bond acceptors (Lipinski definition) is 3. The molecule has 0 bridgehead atoms. The van der Waals surface area contributed by atoms with E-state index in [1.165, 1.54) is 10.9 Å². The fourth-order valence-corrected chi connectivity index (χ4v) is 2.95. The molecule has 0 saturated heterocycles. The molecule has 1 N–H and O–H groups in total. The van der Waals surface area contributed by atoms with Crippen LogP contribution in [0.4, 0.5) is 0 Å². The Bertz CT molecular complexity index is 531. The Labute approximate surface area is 115 Å². The lowest BCUT2D eigenvalue weighted by Crippen LogP contribution is -2.34. The normalized spacial score (nSPS) is 14.8. The molecule has 3 nitrogen and oxygen atoms in total. The minimum Gasteiger partial charge on any atom is -0.314 e. The van der Waals surface area contributed by atoms with Gasteiger partial charge in [-0.05, 0) is 31.0 Å². The lowest BCUT2D eigenvalue weighted by molar-refractivity contribution is 0.384. The molecule has 1 aromatic carbocycles. The van der Waals surface area contributed by atoms with Crippen molar-refractivity contribution in [3.63, 3.8) is 0 Å². The van der Waals surface area contributed by atoms with Crippen molar-refractivity contribution < 1.29 is 0 Å². The van der Waals surface area contributed by atoms with E-state index in [-0.39, 0.29) is 0 Å². The summed E-state index contributed by atoms with van der Waals surface area (Å²) in [5.41, 5.74) is 2.28. The number of benzene rings is 1. The smallest absolute Gasteiger partial charge is 0.0932 e. The van der Waals surface area contributed by atoms with Gasteiger partial charge in [-0.1, -0.05) is 39.0 Å². The summed E-state index contributed by atoms with van der Waals surface area (Å²) in [5, 5.41) is 13.2. The molecule has 102 valence electrons. The van der Waals surface area contributed by atoms with Gasteiger partial charge < -0.3 is 5.32 Å². The Morgan fingerprint density at radius 1 is 1.16 bits per heavy atom. The molecule has 2 rings (SSSR count). The maximum atomic E-state index is 4.22. The number of likely N-dealkylation sites (N-methyl/N-ethyl adjacent to an activating group) is 1. The summed E-state index contributed by atoms with van der Waals surface area (Å²) in [5.74, 6) is 1.00. The van der Waals surface area contributed by atoms with Crippen LogP contribution < -0.4 is 5.32 Å². The standard InChI is InChI=1S/C16H23N3/c1-5-17-12(4)16(11(2)3)14-10-18-19-15-9-7-6-8-13(14)15/h6-12,16-17H,5H2,1-4H3. The van der Waals surface area contributed by atoms with Crippen molar-refractivity contribution in [2.75, 3.05) is 6.54 Å². The quantitative estimate of drug-likeness (QED) is 0.892. The SMILES string of the molecule is CCNC(C)C(c1cnnc2ccccc12)C(C)C. The first-order valence-electron chi connectivity index (χ1n) is 7.08. The predicted octanol–water partition coefficient (Wildman–Crippen LogP) is 3.37. The van der Waals surface area contributed by atoms with E-state index in [0.717, 1.165) is 12.1 Å². The maximum absolute atomic E-state index is 4.22. The summed E-state index contributed by atoms with van der Waals surface area (Å²) in [6, 6.07) is 8.69. The van der Waals surface area contributed by atoms with E-state index >= 15 is 0 Å². The molecule has 0 aliphatic heterocycles. The van der Waals surface area contributed by atoms with E-state index < -0.39 is 0 Å². The first kappa shape index (κ1) is 13.9. The second-order valence-electron chi connectivity index (χ2n) is 5.43. The zero-order valence-electron chi connectivity index (χ0n) is 12.2. The number of nitrogens with one attached hydrogen (secondary N) is 1. The number of nitrogens with zero attached hydrogens (tertiary/aromatic N) is 2. The highest BCUT2D eigenvalue weighted by Crippen LogP contribution is 2.31. The molecule has 2 aromatic rings. The van der Waals surface area contributed by atoms with Crippen molar-refractivity contribution in [3.05, 3.63) is 36.0 Å². The minimum absolute atomic E-state index is 0.428. The molecule has 2 atom stereocenters. The van der Waals surface area contributed by atoms with Gasteiger partial charge in [-0.2, -0.15) is 10.2 Å². The van der Waals surface area contributed by atoms with E-state index in [2.05, 4.69) is 55.3 Å². The van der Waals surface area contributed by atoms with Crippen LogP contribution in [0.25, 0.3) is 10.9 Å². The highest BCUT2D eigenvalue weighted by molar-refractivity contribution is 5.81. The zero-order valence-corrected chi connectivity index (χ0v) is 12.2. The molecular weight excluding hydrogens is 234 g/mol. The third kappa shape index (κ3) is 2.92. The third-order valence-electron chi connectivity index (χ3n) is 3.72. The molecule has 1 heterocycles. The Morgan fingerprint density at radius 2 is 1.89 bits per heavy atom. The van der Waals surface area contributed by atoms with Crippen molar-refractivity contribution in [1.29, 1.82) is 0 Å². The van der Waals surface area contributed by atoms with E-state index in [0.29, 0.717) is 17.9 Å². The van der Waals surface area contributed by atoms with E-state index in [1.54, 1.807) is 0 Å². The highest BCUT2D eigenvalue weighted by atomic mass is 15.1. The van der Waals surface area contributed by atoms with Gasteiger partial charge in [-0.15, -0.1) is 0 Å². The Morgan fingerprint density at radius 3 is 2.58 bits per heavy atom. The van der Waals surface area contributed by atoms with Crippen molar-refractivity contribution in [1.82, 2.24) is 15.5 Å². The van der Waals surface area contributed by atoms with Crippen molar-refractivity contribution in [2.24, 2.45) is 5.92 Å². The van der Waals surface area contributed by atoms with Gasteiger partial charge in [0.05, 0.1) is 11.7 Å². The number of aromatic nitrogens is 2. The Kier molecular flexibility index (Phi) is 4.48. The van der Waals surface area contributed by atoms with E-state index in [9.17, 15) is 0 Å². The van der Waals surface area contributed by atoms with Gasteiger partial charge in [-0.3, -0.25) is 0 Å². The number of fused-ring (bicyclic) bond motifs is 1. The lowest BCUT2D eigenvalue weighted by Gasteiger charge is -2.29. The summed E-state index contributed by atoms with van der Waals surface area (Å²) in [7, 11) is 0. The molecule has 0 fully saturated rings. The van der Waals surface area contributed by atoms with Crippen LogP contribution in [-0.4, -0.2) is 22.8 Å². The zero-order chi connectivity index (χ0) is 13.8.